The maximum atomic E-state index is 12.5. The number of carbonyl (C=O) groups is 1. The van der Waals surface area contributed by atoms with E-state index in [2.05, 4.69) is 37.6 Å². The number of halogens is 1. The first-order chi connectivity index (χ1) is 14.1. The Morgan fingerprint density at radius 2 is 1.83 bits per heavy atom. The Bertz CT molecular complexity index is 812. The lowest BCUT2D eigenvalue weighted by Gasteiger charge is -2.36. The minimum atomic E-state index is 0. The number of piperazine rings is 1. The third-order valence-electron chi connectivity index (χ3n) is 5.09. The van der Waals surface area contributed by atoms with Crippen molar-refractivity contribution in [3.8, 4) is 0 Å². The van der Waals surface area contributed by atoms with Gasteiger partial charge in [0.2, 0.25) is 11.8 Å². The molecule has 164 valence electrons. The number of rotatable bonds is 6. The molecule has 1 saturated heterocycles. The SMILES string of the molecule is CN=C(NCCC(=O)N1CCN(c2ccccc2)CC1)NCc1nc(C)c(C)o1.I. The van der Waals surface area contributed by atoms with Crippen LogP contribution < -0.4 is 15.5 Å². The molecular formula is C21H31IN6O2. The quantitative estimate of drug-likeness (QED) is 0.342. The average molecular weight is 526 g/mol. The molecule has 2 aromatic rings. The Morgan fingerprint density at radius 3 is 2.43 bits per heavy atom. The molecule has 0 atom stereocenters. The number of nitrogens with one attached hydrogen (secondary N) is 2. The first kappa shape index (κ1) is 24.0. The molecule has 0 saturated carbocycles. The Labute approximate surface area is 195 Å². The molecule has 30 heavy (non-hydrogen) atoms. The zero-order chi connectivity index (χ0) is 20.6. The summed E-state index contributed by atoms with van der Waals surface area (Å²) in [6, 6.07) is 10.3. The Kier molecular flexibility index (Phi) is 9.41. The molecule has 0 aliphatic carbocycles. The zero-order valence-corrected chi connectivity index (χ0v) is 20.2. The van der Waals surface area contributed by atoms with Crippen LogP contribution in [0, 0.1) is 13.8 Å². The Balaban J connectivity index is 0.00000320. The van der Waals surface area contributed by atoms with Crippen LogP contribution in [0.15, 0.2) is 39.7 Å². The highest BCUT2D eigenvalue weighted by Crippen LogP contribution is 2.15. The van der Waals surface area contributed by atoms with Gasteiger partial charge in [0.05, 0.1) is 12.2 Å². The standard InChI is InChI=1S/C21H30N6O2.HI/c1-16-17(2)29-19(25-16)15-24-21(22-3)23-10-9-20(28)27-13-11-26(12-14-27)18-7-5-4-6-8-18;/h4-8H,9-15H2,1-3H3,(H2,22,23,24);1H. The van der Waals surface area contributed by atoms with Gasteiger partial charge in [-0.2, -0.15) is 0 Å². The highest BCUT2D eigenvalue weighted by Gasteiger charge is 2.20. The van der Waals surface area contributed by atoms with Gasteiger partial charge in [-0.1, -0.05) is 18.2 Å². The predicted octanol–water partition coefficient (Wildman–Crippen LogP) is 2.31. The molecule has 8 nitrogen and oxygen atoms in total. The van der Waals surface area contributed by atoms with Gasteiger partial charge in [0.1, 0.15) is 5.76 Å². The Hall–Kier alpha value is -2.30. The monoisotopic (exact) mass is 526 g/mol. The van der Waals surface area contributed by atoms with E-state index >= 15 is 0 Å². The van der Waals surface area contributed by atoms with Crippen LogP contribution in [0.5, 0.6) is 0 Å². The van der Waals surface area contributed by atoms with E-state index in [-0.39, 0.29) is 29.9 Å². The number of aliphatic imine (C=N–C) groups is 1. The molecule has 3 rings (SSSR count). The molecular weight excluding hydrogens is 495 g/mol. The van der Waals surface area contributed by atoms with Crippen LogP contribution in [0.1, 0.15) is 23.8 Å². The fourth-order valence-electron chi connectivity index (χ4n) is 3.29. The minimum absolute atomic E-state index is 0. The molecule has 0 spiro atoms. The molecule has 2 N–H and O–H groups in total. The summed E-state index contributed by atoms with van der Waals surface area (Å²) >= 11 is 0. The van der Waals surface area contributed by atoms with Crippen molar-refractivity contribution in [1.82, 2.24) is 20.5 Å². The maximum Gasteiger partial charge on any atom is 0.224 e. The topological polar surface area (TPSA) is 86.0 Å². The number of hydrogen-bond acceptors (Lipinski definition) is 5. The van der Waals surface area contributed by atoms with E-state index in [9.17, 15) is 4.79 Å². The Morgan fingerprint density at radius 1 is 1.13 bits per heavy atom. The second kappa shape index (κ2) is 11.8. The zero-order valence-electron chi connectivity index (χ0n) is 17.9. The molecule has 2 heterocycles. The van der Waals surface area contributed by atoms with Crippen LogP contribution in [0.3, 0.4) is 0 Å². The van der Waals surface area contributed by atoms with Crippen molar-refractivity contribution in [2.24, 2.45) is 4.99 Å². The van der Waals surface area contributed by atoms with Gasteiger partial charge in [-0.25, -0.2) is 4.98 Å². The lowest BCUT2D eigenvalue weighted by atomic mass is 10.2. The number of benzene rings is 1. The van der Waals surface area contributed by atoms with E-state index in [0.29, 0.717) is 31.4 Å². The van der Waals surface area contributed by atoms with Gasteiger partial charge in [-0.15, -0.1) is 24.0 Å². The fourth-order valence-corrected chi connectivity index (χ4v) is 3.29. The van der Waals surface area contributed by atoms with E-state index in [1.54, 1.807) is 7.05 Å². The molecule has 0 unspecified atom stereocenters. The largest absolute Gasteiger partial charge is 0.444 e. The van der Waals surface area contributed by atoms with Crippen LogP contribution in [-0.2, 0) is 11.3 Å². The van der Waals surface area contributed by atoms with E-state index < -0.39 is 0 Å². The predicted molar refractivity (Wildman–Crippen MR) is 129 cm³/mol. The molecule has 9 heteroatoms. The van der Waals surface area contributed by atoms with Crippen molar-refractivity contribution < 1.29 is 9.21 Å². The van der Waals surface area contributed by atoms with Crippen molar-refractivity contribution in [2.45, 2.75) is 26.8 Å². The summed E-state index contributed by atoms with van der Waals surface area (Å²) in [6.45, 7) is 8.02. The highest BCUT2D eigenvalue weighted by molar-refractivity contribution is 14.0. The second-order valence-electron chi connectivity index (χ2n) is 7.06. The molecule has 1 amide bonds. The van der Waals surface area contributed by atoms with Crippen LogP contribution >= 0.6 is 24.0 Å². The van der Waals surface area contributed by atoms with Gasteiger partial charge < -0.3 is 24.9 Å². The summed E-state index contributed by atoms with van der Waals surface area (Å²) in [5.74, 6) is 2.23. The molecule has 1 aliphatic heterocycles. The van der Waals surface area contributed by atoms with Crippen LogP contribution in [0.2, 0.25) is 0 Å². The lowest BCUT2D eigenvalue weighted by Crippen LogP contribution is -2.49. The highest BCUT2D eigenvalue weighted by atomic mass is 127. The second-order valence-corrected chi connectivity index (χ2v) is 7.06. The average Bonchev–Trinajstić information content (AvgIpc) is 3.08. The molecule has 1 aromatic carbocycles. The van der Waals surface area contributed by atoms with Crippen LogP contribution in [0.25, 0.3) is 0 Å². The number of hydrogen-bond donors (Lipinski definition) is 2. The van der Waals surface area contributed by atoms with Gasteiger partial charge in [0, 0.05) is 51.9 Å². The molecule has 1 fully saturated rings. The number of guanidine groups is 1. The molecule has 1 aliphatic rings. The number of aromatic nitrogens is 1. The first-order valence-electron chi connectivity index (χ1n) is 10.0. The molecule has 0 radical (unpaired) electrons. The maximum absolute atomic E-state index is 12.5. The van der Waals surface area contributed by atoms with E-state index in [0.717, 1.165) is 37.6 Å². The van der Waals surface area contributed by atoms with Crippen molar-refractivity contribution in [3.05, 3.63) is 47.7 Å². The summed E-state index contributed by atoms with van der Waals surface area (Å²) in [5, 5.41) is 6.33. The van der Waals surface area contributed by atoms with Gasteiger partial charge in [-0.3, -0.25) is 9.79 Å². The van der Waals surface area contributed by atoms with E-state index in [4.69, 9.17) is 4.42 Å². The van der Waals surface area contributed by atoms with E-state index in [1.807, 2.05) is 36.9 Å². The van der Waals surface area contributed by atoms with Crippen molar-refractivity contribution in [1.29, 1.82) is 0 Å². The first-order valence-corrected chi connectivity index (χ1v) is 10.0. The van der Waals surface area contributed by atoms with Crippen molar-refractivity contribution in [2.75, 3.05) is 44.7 Å². The number of oxazole rings is 1. The number of aryl methyl sites for hydroxylation is 2. The number of nitrogens with zero attached hydrogens (tertiary/aromatic N) is 4. The lowest BCUT2D eigenvalue weighted by molar-refractivity contribution is -0.131. The number of para-hydroxylation sites is 1. The smallest absolute Gasteiger partial charge is 0.224 e. The van der Waals surface area contributed by atoms with Crippen molar-refractivity contribution >= 4 is 41.5 Å². The molecule has 0 bridgehead atoms. The van der Waals surface area contributed by atoms with Gasteiger partial charge in [0.15, 0.2) is 5.96 Å². The third-order valence-corrected chi connectivity index (χ3v) is 5.09. The van der Waals surface area contributed by atoms with Crippen LogP contribution in [-0.4, -0.2) is 61.5 Å². The minimum Gasteiger partial charge on any atom is -0.444 e. The number of carbonyl (C=O) groups excluding carboxylic acids is 1. The normalized spacial score (nSPS) is 14.3. The molecule has 1 aromatic heterocycles. The summed E-state index contributed by atoms with van der Waals surface area (Å²) < 4.78 is 5.55. The summed E-state index contributed by atoms with van der Waals surface area (Å²) in [4.78, 5) is 25.3. The summed E-state index contributed by atoms with van der Waals surface area (Å²) in [7, 11) is 1.70. The number of anilines is 1. The van der Waals surface area contributed by atoms with E-state index in [1.165, 1.54) is 5.69 Å². The number of amides is 1. The van der Waals surface area contributed by atoms with Gasteiger partial charge in [-0.05, 0) is 26.0 Å². The van der Waals surface area contributed by atoms with Gasteiger partial charge >= 0.3 is 0 Å². The van der Waals surface area contributed by atoms with Crippen LogP contribution in [0.4, 0.5) is 5.69 Å². The van der Waals surface area contributed by atoms with Gasteiger partial charge in [0.25, 0.3) is 0 Å². The van der Waals surface area contributed by atoms with Crippen molar-refractivity contribution in [3.63, 3.8) is 0 Å². The summed E-state index contributed by atoms with van der Waals surface area (Å²) in [6.07, 6.45) is 0.434. The third kappa shape index (κ3) is 6.61. The fraction of sp³-hybridized carbons (Fsp3) is 0.476. The summed E-state index contributed by atoms with van der Waals surface area (Å²) in [5.41, 5.74) is 2.11.